The minimum absolute atomic E-state index is 0.00660. The van der Waals surface area contributed by atoms with E-state index >= 15 is 0 Å². The van der Waals surface area contributed by atoms with Crippen LogP contribution in [0.3, 0.4) is 0 Å². The van der Waals surface area contributed by atoms with Crippen molar-refractivity contribution in [2.45, 2.75) is 13.8 Å². The number of nitrogens with one attached hydrogen (secondary N) is 1. The van der Waals surface area contributed by atoms with Gasteiger partial charge in [0.25, 0.3) is 0 Å². The van der Waals surface area contributed by atoms with Crippen LogP contribution < -0.4 is 10.1 Å². The lowest BCUT2D eigenvalue weighted by Gasteiger charge is -2.32. The highest BCUT2D eigenvalue weighted by Crippen LogP contribution is 2.15. The molecule has 1 aliphatic heterocycles. The molecule has 1 saturated heterocycles. The molecule has 0 aliphatic carbocycles. The summed E-state index contributed by atoms with van der Waals surface area (Å²) in [6.45, 7) is 8.57. The number of hydrogen-bond donors (Lipinski definition) is 1. The molecule has 0 radical (unpaired) electrons. The summed E-state index contributed by atoms with van der Waals surface area (Å²) in [6.07, 6.45) is 0. The molecule has 0 atom stereocenters. The molecule has 1 aromatic rings. The quantitative estimate of drug-likeness (QED) is 0.858. The highest BCUT2D eigenvalue weighted by atomic mass is 16.5. The highest BCUT2D eigenvalue weighted by Gasteiger charge is 2.18. The van der Waals surface area contributed by atoms with E-state index in [4.69, 9.17) is 4.74 Å². The lowest BCUT2D eigenvalue weighted by molar-refractivity contribution is 0.153. The van der Waals surface area contributed by atoms with Crippen LogP contribution in [0.15, 0.2) is 18.2 Å². The second-order valence-corrected chi connectivity index (χ2v) is 5.69. The molecule has 0 bridgehead atoms. The molecule has 116 valence electrons. The lowest BCUT2D eigenvalue weighted by atomic mass is 10.1. The largest absolute Gasteiger partial charge is 0.492 e. The Morgan fingerprint density at radius 1 is 1.14 bits per heavy atom. The zero-order valence-corrected chi connectivity index (χ0v) is 13.2. The van der Waals surface area contributed by atoms with Gasteiger partial charge in [-0.05, 0) is 44.2 Å². The van der Waals surface area contributed by atoms with Gasteiger partial charge in [0.15, 0.2) is 0 Å². The molecule has 1 aromatic carbocycles. The van der Waals surface area contributed by atoms with Crippen LogP contribution in [-0.2, 0) is 0 Å². The third-order valence-electron chi connectivity index (χ3n) is 3.63. The fourth-order valence-electron chi connectivity index (χ4n) is 2.46. The molecular weight excluding hydrogens is 266 g/mol. The van der Waals surface area contributed by atoms with Gasteiger partial charge in [-0.2, -0.15) is 0 Å². The first-order valence-corrected chi connectivity index (χ1v) is 7.47. The van der Waals surface area contributed by atoms with Crippen LogP contribution in [0.2, 0.25) is 0 Å². The average Bonchev–Trinajstić information content (AvgIpc) is 2.43. The van der Waals surface area contributed by atoms with Gasteiger partial charge in [0, 0.05) is 26.2 Å². The second kappa shape index (κ2) is 7.31. The monoisotopic (exact) mass is 291 g/mol. The first-order valence-electron chi connectivity index (χ1n) is 7.47. The summed E-state index contributed by atoms with van der Waals surface area (Å²) in [6, 6.07) is 6.14. The molecule has 0 spiro atoms. The number of hydrogen-bond acceptors (Lipinski definition) is 3. The van der Waals surface area contributed by atoms with Crippen molar-refractivity contribution >= 4 is 6.03 Å². The number of benzene rings is 1. The van der Waals surface area contributed by atoms with E-state index in [9.17, 15) is 4.79 Å². The smallest absolute Gasteiger partial charge is 0.317 e. The number of urea groups is 1. The van der Waals surface area contributed by atoms with Crippen LogP contribution in [0.25, 0.3) is 0 Å². The molecule has 1 aliphatic rings. The third-order valence-corrected chi connectivity index (χ3v) is 3.63. The number of nitrogens with zero attached hydrogens (tertiary/aromatic N) is 2. The van der Waals surface area contributed by atoms with Crippen molar-refractivity contribution in [3.8, 4) is 5.75 Å². The molecule has 0 aromatic heterocycles. The van der Waals surface area contributed by atoms with Crippen molar-refractivity contribution in [1.82, 2.24) is 15.1 Å². The van der Waals surface area contributed by atoms with Crippen molar-refractivity contribution < 1.29 is 9.53 Å². The van der Waals surface area contributed by atoms with E-state index in [1.165, 1.54) is 11.1 Å². The molecule has 2 rings (SSSR count). The van der Waals surface area contributed by atoms with Crippen LogP contribution in [0.4, 0.5) is 4.79 Å². The maximum Gasteiger partial charge on any atom is 0.317 e. The van der Waals surface area contributed by atoms with Gasteiger partial charge < -0.3 is 19.9 Å². The van der Waals surface area contributed by atoms with Gasteiger partial charge in [-0.3, -0.25) is 0 Å². The van der Waals surface area contributed by atoms with Crippen molar-refractivity contribution in [3.05, 3.63) is 29.3 Å². The second-order valence-electron chi connectivity index (χ2n) is 5.69. The predicted octanol–water partition coefficient (Wildman–Crippen LogP) is 1.64. The Labute approximate surface area is 126 Å². The number of piperazine rings is 1. The van der Waals surface area contributed by atoms with Crippen LogP contribution in [-0.4, -0.2) is 62.2 Å². The van der Waals surface area contributed by atoms with Gasteiger partial charge >= 0.3 is 6.03 Å². The van der Waals surface area contributed by atoms with Crippen LogP contribution >= 0.6 is 0 Å². The van der Waals surface area contributed by atoms with Gasteiger partial charge in [0.05, 0.1) is 6.54 Å². The number of carbonyl (C=O) groups is 1. The van der Waals surface area contributed by atoms with E-state index in [2.05, 4.69) is 37.2 Å². The Morgan fingerprint density at radius 3 is 2.38 bits per heavy atom. The summed E-state index contributed by atoms with van der Waals surface area (Å²) >= 11 is 0. The highest BCUT2D eigenvalue weighted by molar-refractivity contribution is 5.74. The average molecular weight is 291 g/mol. The van der Waals surface area contributed by atoms with E-state index in [1.54, 1.807) is 0 Å². The number of amides is 2. The van der Waals surface area contributed by atoms with Gasteiger partial charge in [-0.25, -0.2) is 4.79 Å². The summed E-state index contributed by atoms with van der Waals surface area (Å²) < 4.78 is 5.68. The van der Waals surface area contributed by atoms with Crippen molar-refractivity contribution in [3.63, 3.8) is 0 Å². The van der Waals surface area contributed by atoms with Crippen LogP contribution in [0, 0.1) is 13.8 Å². The number of carbonyl (C=O) groups excluding carboxylic acids is 1. The Bertz CT molecular complexity index is 462. The Kier molecular flexibility index (Phi) is 5.44. The van der Waals surface area contributed by atoms with Gasteiger partial charge in [-0.1, -0.05) is 6.07 Å². The number of likely N-dealkylation sites (N-methyl/N-ethyl adjacent to an activating group) is 1. The fourth-order valence-corrected chi connectivity index (χ4v) is 2.46. The summed E-state index contributed by atoms with van der Waals surface area (Å²) in [7, 11) is 2.08. The standard InChI is InChI=1S/C16H25N3O2/c1-13-10-14(2)12-15(11-13)21-9-4-17-16(20)19-7-5-18(3)6-8-19/h10-12H,4-9H2,1-3H3,(H,17,20). The molecule has 21 heavy (non-hydrogen) atoms. The topological polar surface area (TPSA) is 44.8 Å². The van der Waals surface area contributed by atoms with E-state index in [1.807, 2.05) is 17.0 Å². The molecule has 0 saturated carbocycles. The Hall–Kier alpha value is -1.75. The summed E-state index contributed by atoms with van der Waals surface area (Å²) in [4.78, 5) is 16.1. The molecule has 1 fully saturated rings. The maximum absolute atomic E-state index is 12.0. The number of ether oxygens (including phenoxy) is 1. The minimum Gasteiger partial charge on any atom is -0.492 e. The molecule has 0 unspecified atom stereocenters. The summed E-state index contributed by atoms with van der Waals surface area (Å²) in [5, 5.41) is 2.91. The SMILES string of the molecule is Cc1cc(C)cc(OCCNC(=O)N2CCN(C)CC2)c1. The molecular formula is C16H25N3O2. The molecule has 5 heteroatoms. The third kappa shape index (κ3) is 4.93. The van der Waals surface area contributed by atoms with E-state index in [-0.39, 0.29) is 6.03 Å². The first-order chi connectivity index (χ1) is 10.0. The zero-order valence-electron chi connectivity index (χ0n) is 13.2. The van der Waals surface area contributed by atoms with Gasteiger partial charge in [0.1, 0.15) is 12.4 Å². The van der Waals surface area contributed by atoms with E-state index in [0.717, 1.165) is 31.9 Å². The summed E-state index contributed by atoms with van der Waals surface area (Å²) in [5.74, 6) is 0.862. The molecule has 5 nitrogen and oxygen atoms in total. The predicted molar refractivity (Wildman–Crippen MR) is 83.9 cm³/mol. The first kappa shape index (κ1) is 15.6. The van der Waals surface area contributed by atoms with Crippen molar-refractivity contribution in [2.24, 2.45) is 0 Å². The van der Waals surface area contributed by atoms with Crippen molar-refractivity contribution in [2.75, 3.05) is 46.4 Å². The fraction of sp³-hybridized carbons (Fsp3) is 0.562. The molecule has 2 amide bonds. The van der Waals surface area contributed by atoms with Crippen molar-refractivity contribution in [1.29, 1.82) is 0 Å². The zero-order chi connectivity index (χ0) is 15.2. The molecule has 1 heterocycles. The Morgan fingerprint density at radius 2 is 1.76 bits per heavy atom. The van der Waals surface area contributed by atoms with Gasteiger partial charge in [-0.15, -0.1) is 0 Å². The number of aryl methyl sites for hydroxylation is 2. The maximum atomic E-state index is 12.0. The summed E-state index contributed by atoms with van der Waals surface area (Å²) in [5.41, 5.74) is 2.37. The van der Waals surface area contributed by atoms with Crippen LogP contribution in [0.5, 0.6) is 5.75 Å². The normalized spacial score (nSPS) is 15.9. The van der Waals surface area contributed by atoms with Crippen LogP contribution in [0.1, 0.15) is 11.1 Å². The van der Waals surface area contributed by atoms with Gasteiger partial charge in [0.2, 0.25) is 0 Å². The number of rotatable bonds is 4. The Balaban J connectivity index is 1.68. The lowest BCUT2D eigenvalue weighted by Crippen LogP contribution is -2.51. The van der Waals surface area contributed by atoms with E-state index < -0.39 is 0 Å². The minimum atomic E-state index is 0.00660. The van der Waals surface area contributed by atoms with E-state index in [0.29, 0.717) is 13.2 Å². The molecule has 1 N–H and O–H groups in total.